The fraction of sp³-hybridized carbons (Fsp3) is 0.600. The average molecular weight is 230 g/mol. The van der Waals surface area contributed by atoms with Crippen molar-refractivity contribution in [1.29, 1.82) is 0 Å². The summed E-state index contributed by atoms with van der Waals surface area (Å²) in [5.74, 6) is 1.31. The van der Waals surface area contributed by atoms with Gasteiger partial charge in [0, 0.05) is 18.5 Å². The topological polar surface area (TPSA) is 29.0 Å². The molecule has 2 unspecified atom stereocenters. The Morgan fingerprint density at radius 3 is 2.73 bits per heavy atom. The van der Waals surface area contributed by atoms with Crippen LogP contribution in [0.2, 0.25) is 0 Å². The molecule has 0 aliphatic carbocycles. The Hall–Kier alpha value is -0.900. The molecule has 2 rings (SSSR count). The van der Waals surface area contributed by atoms with E-state index >= 15 is 0 Å². The van der Waals surface area contributed by atoms with Gasteiger partial charge < -0.3 is 4.90 Å². The van der Waals surface area contributed by atoms with E-state index in [2.05, 4.69) is 21.8 Å². The normalized spacial score (nSPS) is 25.9. The number of alkyl halides is 1. The van der Waals surface area contributed by atoms with Gasteiger partial charge in [0.2, 0.25) is 5.95 Å². The lowest BCUT2D eigenvalue weighted by Gasteiger charge is -2.23. The zero-order valence-corrected chi connectivity index (χ0v) is 9.28. The molecule has 2 atom stereocenters. The van der Waals surface area contributed by atoms with Crippen molar-refractivity contribution >= 4 is 17.5 Å². The maximum absolute atomic E-state index is 12.6. The van der Waals surface area contributed by atoms with Gasteiger partial charge in [-0.3, -0.25) is 0 Å². The van der Waals surface area contributed by atoms with Gasteiger partial charge in [-0.15, -0.1) is 11.6 Å². The Balaban J connectivity index is 2.15. The van der Waals surface area contributed by atoms with Crippen molar-refractivity contribution in [3.63, 3.8) is 0 Å². The third-order valence-corrected chi connectivity index (χ3v) is 3.37. The molecule has 0 radical (unpaired) electrons. The Labute approximate surface area is 93.3 Å². The van der Waals surface area contributed by atoms with Crippen LogP contribution in [0, 0.1) is 11.7 Å². The molecule has 1 aromatic heterocycles. The Bertz CT molecular complexity index is 330. The highest BCUT2D eigenvalue weighted by atomic mass is 35.5. The summed E-state index contributed by atoms with van der Waals surface area (Å²) in [4.78, 5) is 10.0. The molecule has 1 aromatic rings. The summed E-state index contributed by atoms with van der Waals surface area (Å²) in [5.41, 5.74) is 0. The standard InChI is InChI=1S/C10H13ClFN3/c1-7-8(4-11)2-3-15(7)10-13-5-9(12)6-14-10/h5-8H,2-4H2,1H3. The van der Waals surface area contributed by atoms with E-state index in [-0.39, 0.29) is 0 Å². The molecule has 1 aliphatic heterocycles. The molecule has 0 saturated carbocycles. The lowest BCUT2D eigenvalue weighted by molar-refractivity contribution is 0.546. The Kier molecular flexibility index (Phi) is 3.05. The molecule has 0 aromatic carbocycles. The fourth-order valence-electron chi connectivity index (χ4n) is 1.95. The lowest BCUT2D eigenvalue weighted by atomic mass is 10.1. The van der Waals surface area contributed by atoms with Gasteiger partial charge in [0.05, 0.1) is 12.4 Å². The molecule has 5 heteroatoms. The van der Waals surface area contributed by atoms with Crippen molar-refractivity contribution in [2.45, 2.75) is 19.4 Å². The molecule has 0 N–H and O–H groups in total. The van der Waals surface area contributed by atoms with Crippen LogP contribution in [0.5, 0.6) is 0 Å². The molecular weight excluding hydrogens is 217 g/mol. The molecule has 3 nitrogen and oxygen atoms in total. The van der Waals surface area contributed by atoms with Crippen molar-refractivity contribution in [2.24, 2.45) is 5.92 Å². The molecule has 0 bridgehead atoms. The molecule has 0 amide bonds. The molecule has 1 saturated heterocycles. The van der Waals surface area contributed by atoms with Gasteiger partial charge in [0.25, 0.3) is 0 Å². The van der Waals surface area contributed by atoms with E-state index in [1.807, 2.05) is 0 Å². The highest BCUT2D eigenvalue weighted by Crippen LogP contribution is 2.27. The summed E-state index contributed by atoms with van der Waals surface area (Å²) in [6.45, 7) is 3.00. The van der Waals surface area contributed by atoms with Crippen LogP contribution >= 0.6 is 11.6 Å². The minimum Gasteiger partial charge on any atom is -0.338 e. The molecule has 1 aliphatic rings. The first-order valence-corrected chi connectivity index (χ1v) is 5.56. The van der Waals surface area contributed by atoms with Gasteiger partial charge in [-0.25, -0.2) is 14.4 Å². The third-order valence-electron chi connectivity index (χ3n) is 2.98. The zero-order chi connectivity index (χ0) is 10.8. The van der Waals surface area contributed by atoms with Crippen molar-refractivity contribution in [1.82, 2.24) is 9.97 Å². The number of nitrogens with zero attached hydrogens (tertiary/aromatic N) is 3. The van der Waals surface area contributed by atoms with E-state index in [0.717, 1.165) is 13.0 Å². The number of rotatable bonds is 2. The van der Waals surface area contributed by atoms with E-state index in [1.54, 1.807) is 0 Å². The second-order valence-electron chi connectivity index (χ2n) is 3.84. The second-order valence-corrected chi connectivity index (χ2v) is 4.15. The van der Waals surface area contributed by atoms with Crippen LogP contribution in [-0.2, 0) is 0 Å². The molecular formula is C10H13ClFN3. The van der Waals surface area contributed by atoms with Crippen LogP contribution in [0.25, 0.3) is 0 Å². The summed E-state index contributed by atoms with van der Waals surface area (Å²) in [5, 5.41) is 0. The smallest absolute Gasteiger partial charge is 0.225 e. The molecule has 82 valence electrons. The van der Waals surface area contributed by atoms with Crippen LogP contribution in [-0.4, -0.2) is 28.4 Å². The summed E-state index contributed by atoms with van der Waals surface area (Å²) < 4.78 is 12.6. The Morgan fingerprint density at radius 1 is 1.53 bits per heavy atom. The van der Waals surface area contributed by atoms with E-state index in [1.165, 1.54) is 12.4 Å². The maximum Gasteiger partial charge on any atom is 0.225 e. The van der Waals surface area contributed by atoms with Gasteiger partial charge in [-0.1, -0.05) is 0 Å². The summed E-state index contributed by atoms with van der Waals surface area (Å²) >= 11 is 5.85. The number of halogens is 2. The van der Waals surface area contributed by atoms with Gasteiger partial charge in [-0.05, 0) is 19.3 Å². The minimum atomic E-state index is -0.403. The third kappa shape index (κ3) is 2.04. The van der Waals surface area contributed by atoms with E-state index in [4.69, 9.17) is 11.6 Å². The van der Waals surface area contributed by atoms with Crippen molar-refractivity contribution < 1.29 is 4.39 Å². The quantitative estimate of drug-likeness (QED) is 0.727. The zero-order valence-electron chi connectivity index (χ0n) is 8.53. The summed E-state index contributed by atoms with van der Waals surface area (Å²) in [6, 6.07) is 0.327. The second kappa shape index (κ2) is 4.31. The van der Waals surface area contributed by atoms with Crippen LogP contribution in [0.4, 0.5) is 10.3 Å². The SMILES string of the molecule is CC1C(CCl)CCN1c1ncc(F)cn1. The first-order valence-electron chi connectivity index (χ1n) is 5.02. The van der Waals surface area contributed by atoms with Gasteiger partial charge in [0.15, 0.2) is 5.82 Å². The maximum atomic E-state index is 12.6. The summed E-state index contributed by atoms with van der Waals surface area (Å²) in [7, 11) is 0. The van der Waals surface area contributed by atoms with E-state index < -0.39 is 5.82 Å². The first kappa shape index (κ1) is 10.6. The van der Waals surface area contributed by atoms with Gasteiger partial charge in [0.1, 0.15) is 0 Å². The van der Waals surface area contributed by atoms with E-state index in [9.17, 15) is 4.39 Å². The average Bonchev–Trinajstić information content (AvgIpc) is 2.61. The van der Waals surface area contributed by atoms with Gasteiger partial charge in [-0.2, -0.15) is 0 Å². The van der Waals surface area contributed by atoms with Crippen LogP contribution in [0.3, 0.4) is 0 Å². The fourth-order valence-corrected chi connectivity index (χ4v) is 2.36. The number of aromatic nitrogens is 2. The first-order chi connectivity index (χ1) is 7.22. The van der Waals surface area contributed by atoms with E-state index in [0.29, 0.717) is 23.8 Å². The van der Waals surface area contributed by atoms with Crippen LogP contribution in [0.1, 0.15) is 13.3 Å². The number of anilines is 1. The monoisotopic (exact) mass is 229 g/mol. The predicted octanol–water partition coefficient (Wildman–Crippen LogP) is 2.07. The van der Waals surface area contributed by atoms with Crippen LogP contribution in [0.15, 0.2) is 12.4 Å². The predicted molar refractivity (Wildman–Crippen MR) is 57.6 cm³/mol. The lowest BCUT2D eigenvalue weighted by Crippen LogP contribution is -2.31. The number of hydrogen-bond donors (Lipinski definition) is 0. The largest absolute Gasteiger partial charge is 0.338 e. The Morgan fingerprint density at radius 2 is 2.20 bits per heavy atom. The molecule has 0 spiro atoms. The van der Waals surface area contributed by atoms with Gasteiger partial charge >= 0.3 is 0 Å². The highest BCUT2D eigenvalue weighted by Gasteiger charge is 2.31. The number of hydrogen-bond acceptors (Lipinski definition) is 3. The minimum absolute atomic E-state index is 0.327. The highest BCUT2D eigenvalue weighted by molar-refractivity contribution is 6.18. The molecule has 1 fully saturated rings. The van der Waals surface area contributed by atoms with Crippen molar-refractivity contribution in [2.75, 3.05) is 17.3 Å². The van der Waals surface area contributed by atoms with Crippen molar-refractivity contribution in [3.8, 4) is 0 Å². The summed E-state index contributed by atoms with van der Waals surface area (Å²) in [6.07, 6.45) is 3.44. The van der Waals surface area contributed by atoms with Crippen molar-refractivity contribution in [3.05, 3.63) is 18.2 Å². The molecule has 2 heterocycles. The molecule has 15 heavy (non-hydrogen) atoms. The van der Waals surface area contributed by atoms with Crippen LogP contribution < -0.4 is 4.90 Å².